The summed E-state index contributed by atoms with van der Waals surface area (Å²) >= 11 is 0. The van der Waals surface area contributed by atoms with Gasteiger partial charge in [-0.3, -0.25) is 4.79 Å². The lowest BCUT2D eigenvalue weighted by atomic mass is 10.1. The highest BCUT2D eigenvalue weighted by Crippen LogP contribution is 2.07. The Morgan fingerprint density at radius 1 is 1.41 bits per heavy atom. The van der Waals surface area contributed by atoms with Crippen molar-refractivity contribution >= 4 is 5.91 Å². The lowest BCUT2D eigenvalue weighted by Crippen LogP contribution is -2.47. The number of rotatable bonds is 7. The molecule has 4 heteroatoms. The molecule has 1 amide bonds. The van der Waals surface area contributed by atoms with Crippen molar-refractivity contribution in [2.24, 2.45) is 5.73 Å². The fourth-order valence-electron chi connectivity index (χ4n) is 2.30. The molecule has 0 bridgehead atoms. The maximum Gasteiger partial charge on any atom is 0.237 e. The molecule has 1 aliphatic heterocycles. The molecule has 100 valence electrons. The van der Waals surface area contributed by atoms with Gasteiger partial charge in [-0.15, -0.1) is 0 Å². The maximum atomic E-state index is 11.8. The van der Waals surface area contributed by atoms with Gasteiger partial charge in [-0.05, 0) is 39.3 Å². The number of hydrogen-bond donors (Lipinski definition) is 2. The van der Waals surface area contributed by atoms with Crippen molar-refractivity contribution in [3.63, 3.8) is 0 Å². The smallest absolute Gasteiger partial charge is 0.237 e. The molecule has 0 saturated carbocycles. The number of amides is 1. The lowest BCUT2D eigenvalue weighted by Gasteiger charge is -2.22. The van der Waals surface area contributed by atoms with E-state index in [1.165, 1.54) is 25.9 Å². The van der Waals surface area contributed by atoms with Gasteiger partial charge >= 0.3 is 0 Å². The predicted molar refractivity (Wildman–Crippen MR) is 70.8 cm³/mol. The van der Waals surface area contributed by atoms with E-state index in [1.807, 2.05) is 0 Å². The fourth-order valence-corrected chi connectivity index (χ4v) is 2.30. The summed E-state index contributed by atoms with van der Waals surface area (Å²) in [6, 6.07) is -0.135. The quantitative estimate of drug-likeness (QED) is 0.702. The van der Waals surface area contributed by atoms with E-state index < -0.39 is 0 Å². The Morgan fingerprint density at radius 2 is 2.06 bits per heavy atom. The molecule has 0 aliphatic carbocycles. The molecule has 0 spiro atoms. The van der Waals surface area contributed by atoms with Gasteiger partial charge in [-0.2, -0.15) is 0 Å². The highest BCUT2D eigenvalue weighted by molar-refractivity contribution is 5.81. The Morgan fingerprint density at radius 3 is 2.65 bits per heavy atom. The highest BCUT2D eigenvalue weighted by Gasteiger charge is 2.18. The molecule has 1 heterocycles. The van der Waals surface area contributed by atoms with Gasteiger partial charge in [-0.25, -0.2) is 0 Å². The molecule has 0 aromatic carbocycles. The summed E-state index contributed by atoms with van der Waals surface area (Å²) in [7, 11) is 0. The van der Waals surface area contributed by atoms with Gasteiger partial charge in [0.15, 0.2) is 0 Å². The van der Waals surface area contributed by atoms with Crippen LogP contribution in [0.3, 0.4) is 0 Å². The highest BCUT2D eigenvalue weighted by atomic mass is 16.2. The Bertz CT molecular complexity index is 227. The number of hydrogen-bond acceptors (Lipinski definition) is 3. The molecule has 17 heavy (non-hydrogen) atoms. The van der Waals surface area contributed by atoms with E-state index in [2.05, 4.69) is 24.1 Å². The van der Waals surface area contributed by atoms with E-state index >= 15 is 0 Å². The number of unbranched alkanes of at least 4 members (excludes halogenated alkanes) is 1. The summed E-state index contributed by atoms with van der Waals surface area (Å²) in [4.78, 5) is 14.2. The molecule has 0 aromatic heterocycles. The number of nitrogens with zero attached hydrogens (tertiary/aromatic N) is 1. The van der Waals surface area contributed by atoms with Crippen molar-refractivity contribution < 1.29 is 4.79 Å². The molecular weight excluding hydrogens is 214 g/mol. The van der Waals surface area contributed by atoms with Crippen LogP contribution in [0.4, 0.5) is 0 Å². The third-order valence-electron chi connectivity index (χ3n) is 3.32. The maximum absolute atomic E-state index is 11.8. The Labute approximate surface area is 105 Å². The third kappa shape index (κ3) is 5.50. The zero-order valence-corrected chi connectivity index (χ0v) is 11.2. The Kier molecular flexibility index (Phi) is 6.52. The molecule has 1 rings (SSSR count). The van der Waals surface area contributed by atoms with Gasteiger partial charge in [0.25, 0.3) is 0 Å². The van der Waals surface area contributed by atoms with Crippen molar-refractivity contribution in [1.82, 2.24) is 10.2 Å². The van der Waals surface area contributed by atoms with Gasteiger partial charge in [0, 0.05) is 12.6 Å². The summed E-state index contributed by atoms with van der Waals surface area (Å²) in [5.41, 5.74) is 5.83. The van der Waals surface area contributed by atoms with E-state index in [-0.39, 0.29) is 18.0 Å². The summed E-state index contributed by atoms with van der Waals surface area (Å²) < 4.78 is 0. The first-order valence-corrected chi connectivity index (χ1v) is 6.91. The second-order valence-corrected chi connectivity index (χ2v) is 5.17. The topological polar surface area (TPSA) is 58.4 Å². The Balaban J connectivity index is 2.19. The first-order chi connectivity index (χ1) is 8.13. The van der Waals surface area contributed by atoms with Gasteiger partial charge in [0.2, 0.25) is 5.91 Å². The second-order valence-electron chi connectivity index (χ2n) is 5.17. The molecule has 2 atom stereocenters. The summed E-state index contributed by atoms with van der Waals surface area (Å²) in [5, 5.41) is 3.01. The van der Waals surface area contributed by atoms with Crippen LogP contribution in [0, 0.1) is 0 Å². The van der Waals surface area contributed by atoms with Crippen molar-refractivity contribution in [2.45, 2.75) is 58.0 Å². The van der Waals surface area contributed by atoms with E-state index in [0.717, 1.165) is 25.8 Å². The lowest BCUT2D eigenvalue weighted by molar-refractivity contribution is -0.123. The van der Waals surface area contributed by atoms with Crippen LogP contribution in [0.1, 0.15) is 46.0 Å². The van der Waals surface area contributed by atoms with Gasteiger partial charge < -0.3 is 16.0 Å². The van der Waals surface area contributed by atoms with E-state index in [1.54, 1.807) is 0 Å². The summed E-state index contributed by atoms with van der Waals surface area (Å²) in [5.74, 6) is 0.00477. The minimum Gasteiger partial charge on any atom is -0.351 e. The van der Waals surface area contributed by atoms with Crippen molar-refractivity contribution in [2.75, 3.05) is 19.6 Å². The van der Waals surface area contributed by atoms with Crippen molar-refractivity contribution in [3.8, 4) is 0 Å². The largest absolute Gasteiger partial charge is 0.351 e. The number of carbonyl (C=O) groups excluding carboxylic acids is 1. The van der Waals surface area contributed by atoms with Gasteiger partial charge in [0.05, 0.1) is 6.04 Å². The molecular formula is C13H27N3O. The number of nitrogens with two attached hydrogens (primary N) is 1. The van der Waals surface area contributed by atoms with Crippen LogP contribution < -0.4 is 11.1 Å². The van der Waals surface area contributed by atoms with Crippen LogP contribution in [-0.4, -0.2) is 42.5 Å². The van der Waals surface area contributed by atoms with Crippen LogP contribution in [0.5, 0.6) is 0 Å². The Hall–Kier alpha value is -0.610. The number of likely N-dealkylation sites (tertiary alicyclic amines) is 1. The van der Waals surface area contributed by atoms with Crippen LogP contribution in [0.2, 0.25) is 0 Å². The number of carbonyl (C=O) groups is 1. The molecule has 1 saturated heterocycles. The predicted octanol–water partition coefficient (Wildman–Crippen LogP) is 1.10. The second kappa shape index (κ2) is 7.67. The molecule has 4 nitrogen and oxygen atoms in total. The molecule has 1 fully saturated rings. The van der Waals surface area contributed by atoms with Crippen LogP contribution in [-0.2, 0) is 4.79 Å². The molecule has 3 N–H and O–H groups in total. The van der Waals surface area contributed by atoms with Crippen LogP contribution in [0.15, 0.2) is 0 Å². The van der Waals surface area contributed by atoms with Gasteiger partial charge in [0.1, 0.15) is 0 Å². The fraction of sp³-hybridized carbons (Fsp3) is 0.923. The van der Waals surface area contributed by atoms with E-state index in [4.69, 9.17) is 5.73 Å². The average Bonchev–Trinajstić information content (AvgIpc) is 2.78. The van der Waals surface area contributed by atoms with E-state index in [9.17, 15) is 4.79 Å². The SMILES string of the molecule is CCCC[C@H](N)C(=O)NC(C)CN1CCCC1. The van der Waals surface area contributed by atoms with Crippen LogP contribution >= 0.6 is 0 Å². The van der Waals surface area contributed by atoms with Crippen molar-refractivity contribution in [1.29, 1.82) is 0 Å². The normalized spacial score (nSPS) is 20.2. The third-order valence-corrected chi connectivity index (χ3v) is 3.32. The zero-order valence-electron chi connectivity index (χ0n) is 11.2. The molecule has 1 unspecified atom stereocenters. The molecule has 0 radical (unpaired) electrons. The monoisotopic (exact) mass is 241 g/mol. The summed E-state index contributed by atoms with van der Waals surface area (Å²) in [6.07, 6.45) is 5.48. The zero-order chi connectivity index (χ0) is 12.7. The first kappa shape index (κ1) is 14.5. The van der Waals surface area contributed by atoms with E-state index in [0.29, 0.717) is 0 Å². The minimum absolute atomic E-state index is 0.00477. The van der Waals surface area contributed by atoms with Crippen molar-refractivity contribution in [3.05, 3.63) is 0 Å². The molecule has 1 aliphatic rings. The first-order valence-electron chi connectivity index (χ1n) is 6.91. The molecule has 0 aromatic rings. The van der Waals surface area contributed by atoms with Gasteiger partial charge in [-0.1, -0.05) is 19.8 Å². The van der Waals surface area contributed by atoms with Crippen LogP contribution in [0.25, 0.3) is 0 Å². The minimum atomic E-state index is -0.337. The average molecular weight is 241 g/mol. The number of nitrogens with one attached hydrogen (secondary N) is 1. The summed E-state index contributed by atoms with van der Waals surface area (Å²) in [6.45, 7) is 7.46. The standard InChI is InChI=1S/C13H27N3O/c1-3-4-7-12(14)13(17)15-11(2)10-16-8-5-6-9-16/h11-12H,3-10,14H2,1-2H3,(H,15,17)/t11?,12-/m0/s1.